The van der Waals surface area contributed by atoms with Crippen molar-refractivity contribution in [3.63, 3.8) is 0 Å². The lowest BCUT2D eigenvalue weighted by Gasteiger charge is -2.32. The molecular formula is C21H42IN5O2. The molecule has 29 heavy (non-hydrogen) atoms. The molecule has 1 aliphatic carbocycles. The van der Waals surface area contributed by atoms with Gasteiger partial charge < -0.3 is 20.7 Å². The summed E-state index contributed by atoms with van der Waals surface area (Å²) in [6.45, 7) is 4.19. The van der Waals surface area contributed by atoms with Crippen molar-refractivity contribution in [1.29, 1.82) is 0 Å². The quantitative estimate of drug-likeness (QED) is 0.142. The van der Waals surface area contributed by atoms with Gasteiger partial charge in [0.1, 0.15) is 0 Å². The Kier molecular flexibility index (Phi) is 14.7. The molecule has 7 nitrogen and oxygen atoms in total. The van der Waals surface area contributed by atoms with Gasteiger partial charge in [-0.25, -0.2) is 0 Å². The van der Waals surface area contributed by atoms with Gasteiger partial charge in [0.2, 0.25) is 5.91 Å². The molecule has 0 aromatic heterocycles. The van der Waals surface area contributed by atoms with Crippen LogP contribution in [0, 0.1) is 0 Å². The molecule has 2 rings (SSSR count). The smallest absolute Gasteiger partial charge is 0.233 e. The number of carbonyl (C=O) groups is 1. The minimum absolute atomic E-state index is 0. The van der Waals surface area contributed by atoms with Gasteiger partial charge in [0.05, 0.1) is 12.6 Å². The van der Waals surface area contributed by atoms with Gasteiger partial charge in [-0.3, -0.25) is 14.7 Å². The van der Waals surface area contributed by atoms with Gasteiger partial charge in [0.25, 0.3) is 0 Å². The maximum Gasteiger partial charge on any atom is 0.233 e. The first-order chi connectivity index (χ1) is 13.7. The molecule has 1 amide bonds. The molecule has 2 aliphatic rings. The number of hydrogen-bond acceptors (Lipinski definition) is 4. The van der Waals surface area contributed by atoms with Crippen LogP contribution in [-0.2, 0) is 9.53 Å². The van der Waals surface area contributed by atoms with Crippen molar-refractivity contribution >= 4 is 35.8 Å². The number of piperidine rings is 1. The number of likely N-dealkylation sites (tertiary alicyclic amines) is 1. The van der Waals surface area contributed by atoms with Gasteiger partial charge >= 0.3 is 0 Å². The van der Waals surface area contributed by atoms with Crippen LogP contribution < -0.4 is 16.0 Å². The van der Waals surface area contributed by atoms with E-state index in [1.165, 1.54) is 38.5 Å². The summed E-state index contributed by atoms with van der Waals surface area (Å²) in [4.78, 5) is 18.0. The molecule has 1 saturated carbocycles. The number of nitrogens with one attached hydrogen (secondary N) is 3. The highest BCUT2D eigenvalue weighted by molar-refractivity contribution is 14.0. The number of hydrogen-bond donors (Lipinski definition) is 3. The highest BCUT2D eigenvalue weighted by Crippen LogP contribution is 2.19. The lowest BCUT2D eigenvalue weighted by atomic mass is 10.1. The van der Waals surface area contributed by atoms with E-state index >= 15 is 0 Å². The highest BCUT2D eigenvalue weighted by Gasteiger charge is 2.21. The third-order valence-electron chi connectivity index (χ3n) is 5.82. The van der Waals surface area contributed by atoms with Crippen molar-refractivity contribution < 1.29 is 9.53 Å². The van der Waals surface area contributed by atoms with Crippen LogP contribution in [0.25, 0.3) is 0 Å². The lowest BCUT2D eigenvalue weighted by molar-refractivity contribution is -0.122. The van der Waals surface area contributed by atoms with Crippen LogP contribution in [0.15, 0.2) is 4.99 Å². The van der Waals surface area contributed by atoms with E-state index in [1.54, 1.807) is 7.05 Å². The second-order valence-electron chi connectivity index (χ2n) is 8.06. The van der Waals surface area contributed by atoms with Gasteiger partial charge in [0.15, 0.2) is 5.96 Å². The maximum absolute atomic E-state index is 11.5. The molecule has 1 heterocycles. The fourth-order valence-electron chi connectivity index (χ4n) is 4.00. The summed E-state index contributed by atoms with van der Waals surface area (Å²) >= 11 is 0. The molecule has 0 aromatic rings. The number of likely N-dealkylation sites (N-methyl/N-ethyl adjacent to an activating group) is 1. The van der Waals surface area contributed by atoms with Gasteiger partial charge in [-0.1, -0.05) is 25.7 Å². The molecular weight excluding hydrogens is 481 g/mol. The lowest BCUT2D eigenvalue weighted by Crippen LogP contribution is -2.50. The van der Waals surface area contributed by atoms with Crippen molar-refractivity contribution in [2.24, 2.45) is 4.99 Å². The summed E-state index contributed by atoms with van der Waals surface area (Å²) in [7, 11) is 3.51. The molecule has 2 fully saturated rings. The standard InChI is InChI=1S/C21H41N5O2.HI/c1-22-20(27)17-26-14-11-18(12-15-26)25-21(23-2)24-13-7-8-16-28-19-9-5-3-4-6-10-19;/h18-19H,3-17H2,1-2H3,(H,22,27)(H2,23,24,25);1H. The number of rotatable bonds is 9. The Hall–Kier alpha value is -0.610. The van der Waals surface area contributed by atoms with E-state index in [1.807, 2.05) is 7.05 Å². The topological polar surface area (TPSA) is 78.0 Å². The Balaban J connectivity index is 0.00000420. The average molecular weight is 524 g/mol. The fourth-order valence-corrected chi connectivity index (χ4v) is 4.00. The van der Waals surface area contributed by atoms with E-state index in [0.717, 1.165) is 57.9 Å². The second-order valence-corrected chi connectivity index (χ2v) is 8.06. The molecule has 0 aromatic carbocycles. The Morgan fingerprint density at radius 1 is 1.07 bits per heavy atom. The van der Waals surface area contributed by atoms with Gasteiger partial charge in [-0.15, -0.1) is 24.0 Å². The number of amides is 1. The van der Waals surface area contributed by atoms with E-state index < -0.39 is 0 Å². The number of ether oxygens (including phenoxy) is 1. The molecule has 170 valence electrons. The van der Waals surface area contributed by atoms with Crippen LogP contribution in [0.2, 0.25) is 0 Å². The van der Waals surface area contributed by atoms with E-state index in [9.17, 15) is 4.79 Å². The van der Waals surface area contributed by atoms with E-state index in [2.05, 4.69) is 25.8 Å². The first kappa shape index (κ1) is 26.4. The molecule has 1 saturated heterocycles. The van der Waals surface area contributed by atoms with Gasteiger partial charge in [0, 0.05) is 46.4 Å². The summed E-state index contributed by atoms with van der Waals surface area (Å²) in [6, 6.07) is 0.422. The molecule has 1 aliphatic heterocycles. The van der Waals surface area contributed by atoms with Gasteiger partial charge in [-0.05, 0) is 38.5 Å². The van der Waals surface area contributed by atoms with E-state index in [0.29, 0.717) is 18.7 Å². The van der Waals surface area contributed by atoms with Crippen LogP contribution in [0.1, 0.15) is 64.2 Å². The largest absolute Gasteiger partial charge is 0.378 e. The summed E-state index contributed by atoms with van der Waals surface area (Å²) in [5.74, 6) is 0.973. The fraction of sp³-hybridized carbons (Fsp3) is 0.905. The van der Waals surface area contributed by atoms with Crippen LogP contribution in [-0.4, -0.2) is 75.8 Å². The highest BCUT2D eigenvalue weighted by atomic mass is 127. The van der Waals surface area contributed by atoms with E-state index in [4.69, 9.17) is 4.74 Å². The Morgan fingerprint density at radius 3 is 2.38 bits per heavy atom. The van der Waals surface area contributed by atoms with Crippen molar-refractivity contribution in [1.82, 2.24) is 20.9 Å². The third-order valence-corrected chi connectivity index (χ3v) is 5.82. The number of nitrogens with zero attached hydrogens (tertiary/aromatic N) is 2. The van der Waals surface area contributed by atoms with Gasteiger partial charge in [-0.2, -0.15) is 0 Å². The van der Waals surface area contributed by atoms with Crippen molar-refractivity contribution in [3.05, 3.63) is 0 Å². The maximum atomic E-state index is 11.5. The second kappa shape index (κ2) is 16.1. The zero-order valence-electron chi connectivity index (χ0n) is 18.4. The van der Waals surface area contributed by atoms with Crippen molar-refractivity contribution in [2.75, 3.05) is 46.9 Å². The van der Waals surface area contributed by atoms with Crippen LogP contribution in [0.3, 0.4) is 0 Å². The van der Waals surface area contributed by atoms with Crippen LogP contribution in [0.4, 0.5) is 0 Å². The Morgan fingerprint density at radius 2 is 1.76 bits per heavy atom. The minimum atomic E-state index is 0. The SMILES string of the molecule is CN=C(NCCCCOC1CCCCCC1)NC1CCN(CC(=O)NC)CC1.I. The summed E-state index contributed by atoms with van der Waals surface area (Å²) < 4.78 is 6.06. The molecule has 8 heteroatoms. The molecule has 0 spiro atoms. The summed E-state index contributed by atoms with van der Waals surface area (Å²) in [5, 5.41) is 9.64. The predicted molar refractivity (Wildman–Crippen MR) is 130 cm³/mol. The monoisotopic (exact) mass is 523 g/mol. The summed E-state index contributed by atoms with van der Waals surface area (Å²) in [6.07, 6.45) is 12.7. The normalized spacial score (nSPS) is 19.9. The van der Waals surface area contributed by atoms with Crippen molar-refractivity contribution in [2.45, 2.75) is 76.4 Å². The van der Waals surface area contributed by atoms with Crippen molar-refractivity contribution in [3.8, 4) is 0 Å². The van der Waals surface area contributed by atoms with Crippen LogP contribution in [0.5, 0.6) is 0 Å². The number of carbonyl (C=O) groups excluding carboxylic acids is 1. The molecule has 3 N–H and O–H groups in total. The Labute approximate surface area is 194 Å². The first-order valence-electron chi connectivity index (χ1n) is 11.2. The number of aliphatic imine (C=N–C) groups is 1. The molecule has 0 unspecified atom stereocenters. The first-order valence-corrected chi connectivity index (χ1v) is 11.2. The average Bonchev–Trinajstić information content (AvgIpc) is 2.99. The number of unbranched alkanes of at least 4 members (excludes halogenated alkanes) is 1. The molecule has 0 atom stereocenters. The molecule has 0 radical (unpaired) electrons. The number of guanidine groups is 1. The summed E-state index contributed by atoms with van der Waals surface area (Å²) in [5.41, 5.74) is 0. The van der Waals surface area contributed by atoms with Crippen LogP contribution >= 0.6 is 24.0 Å². The molecule has 0 bridgehead atoms. The Bertz CT molecular complexity index is 462. The number of halogens is 1. The predicted octanol–water partition coefficient (Wildman–Crippen LogP) is 2.50. The van der Waals surface area contributed by atoms with E-state index in [-0.39, 0.29) is 29.9 Å². The zero-order valence-corrected chi connectivity index (χ0v) is 20.7. The minimum Gasteiger partial charge on any atom is -0.378 e. The zero-order chi connectivity index (χ0) is 20.0. The third kappa shape index (κ3) is 11.4.